The van der Waals surface area contributed by atoms with Gasteiger partial charge in [-0.05, 0) is 31.9 Å². The van der Waals surface area contributed by atoms with E-state index in [1.54, 1.807) is 11.7 Å². The van der Waals surface area contributed by atoms with Gasteiger partial charge in [0.2, 0.25) is 5.43 Å². The van der Waals surface area contributed by atoms with E-state index in [1.165, 1.54) is 12.4 Å². The van der Waals surface area contributed by atoms with Gasteiger partial charge in [0.25, 0.3) is 11.8 Å². The third-order valence-electron chi connectivity index (χ3n) is 4.95. The highest BCUT2D eigenvalue weighted by Gasteiger charge is 2.20. The zero-order valence-corrected chi connectivity index (χ0v) is 19.7. The summed E-state index contributed by atoms with van der Waals surface area (Å²) in [7, 11) is 1.60. The number of H-pyrrole nitrogens is 1. The first-order chi connectivity index (χ1) is 15.7. The molecule has 0 aliphatic rings. The summed E-state index contributed by atoms with van der Waals surface area (Å²) in [5.74, 6) is 0.705. The third kappa shape index (κ3) is 6.00. The van der Waals surface area contributed by atoms with Crippen molar-refractivity contribution in [3.05, 3.63) is 57.8 Å². The van der Waals surface area contributed by atoms with E-state index in [1.807, 2.05) is 45.9 Å². The molecule has 33 heavy (non-hydrogen) atoms. The van der Waals surface area contributed by atoms with Gasteiger partial charge in [0.15, 0.2) is 0 Å². The van der Waals surface area contributed by atoms with E-state index >= 15 is 0 Å². The first kappa shape index (κ1) is 24.0. The summed E-state index contributed by atoms with van der Waals surface area (Å²) in [6.07, 6.45) is 3.48. The molecule has 3 rings (SSSR count). The van der Waals surface area contributed by atoms with Crippen molar-refractivity contribution in [3.63, 3.8) is 0 Å². The number of carbonyl (C=O) groups excluding carboxylic acids is 2. The molecule has 0 spiro atoms. The molecule has 0 aliphatic heterocycles. The first-order valence-electron chi connectivity index (χ1n) is 11.0. The topological polar surface area (TPSA) is 118 Å². The fourth-order valence-electron chi connectivity index (χ4n) is 3.50. The van der Waals surface area contributed by atoms with Gasteiger partial charge >= 0.3 is 0 Å². The Morgan fingerprint density at radius 3 is 2.45 bits per heavy atom. The number of aromatic nitrogens is 3. The van der Waals surface area contributed by atoms with Gasteiger partial charge in [0.05, 0.1) is 18.1 Å². The van der Waals surface area contributed by atoms with Gasteiger partial charge in [-0.2, -0.15) is 0 Å². The second-order valence-corrected chi connectivity index (χ2v) is 8.71. The van der Waals surface area contributed by atoms with Crippen LogP contribution in [0.3, 0.4) is 0 Å². The Kier molecular flexibility index (Phi) is 7.52. The Morgan fingerprint density at radius 2 is 1.82 bits per heavy atom. The van der Waals surface area contributed by atoms with Crippen molar-refractivity contribution in [3.8, 4) is 5.75 Å². The molecule has 0 radical (unpaired) electrons. The van der Waals surface area contributed by atoms with Crippen LogP contribution in [-0.2, 0) is 13.0 Å². The number of nitrogens with zero attached hydrogens (tertiary/aromatic N) is 2. The number of methoxy groups -OCH3 is 1. The molecule has 3 aromatic rings. The molecule has 1 aromatic carbocycles. The number of carbonyl (C=O) groups is 2. The van der Waals surface area contributed by atoms with Gasteiger partial charge in [-0.1, -0.05) is 13.8 Å². The van der Waals surface area contributed by atoms with Gasteiger partial charge in [0.1, 0.15) is 22.7 Å². The van der Waals surface area contributed by atoms with Crippen LogP contribution in [0.15, 0.2) is 35.4 Å². The van der Waals surface area contributed by atoms with Crippen molar-refractivity contribution >= 4 is 22.8 Å². The van der Waals surface area contributed by atoms with E-state index < -0.39 is 17.2 Å². The van der Waals surface area contributed by atoms with Gasteiger partial charge in [-0.25, -0.2) is 4.98 Å². The van der Waals surface area contributed by atoms with Crippen molar-refractivity contribution in [2.75, 3.05) is 13.7 Å². The molecule has 0 aliphatic carbocycles. The minimum atomic E-state index is -0.582. The van der Waals surface area contributed by atoms with Crippen LogP contribution < -0.4 is 20.8 Å². The highest BCUT2D eigenvalue weighted by molar-refractivity contribution is 5.99. The smallest absolute Gasteiger partial charge is 0.256 e. The van der Waals surface area contributed by atoms with Gasteiger partial charge in [-0.3, -0.25) is 14.4 Å². The van der Waals surface area contributed by atoms with E-state index in [2.05, 4.69) is 20.6 Å². The number of nitrogens with one attached hydrogen (secondary N) is 3. The maximum absolute atomic E-state index is 12.9. The summed E-state index contributed by atoms with van der Waals surface area (Å²) in [5, 5.41) is 5.50. The van der Waals surface area contributed by atoms with Crippen LogP contribution >= 0.6 is 0 Å². The van der Waals surface area contributed by atoms with Crippen LogP contribution in [0.4, 0.5) is 0 Å². The summed E-state index contributed by atoms with van der Waals surface area (Å²) in [6, 6.07) is 5.42. The number of hydrogen-bond acceptors (Lipinski definition) is 5. The summed E-state index contributed by atoms with van der Waals surface area (Å²) in [6.45, 7) is 8.53. The molecular formula is C24H31N5O4. The molecule has 0 saturated carbocycles. The van der Waals surface area contributed by atoms with Crippen LogP contribution in [0.2, 0.25) is 0 Å². The van der Waals surface area contributed by atoms with Crippen LogP contribution in [0.5, 0.6) is 5.75 Å². The molecule has 9 nitrogen and oxygen atoms in total. The summed E-state index contributed by atoms with van der Waals surface area (Å²) in [4.78, 5) is 46.0. The number of aromatic amines is 1. The largest absolute Gasteiger partial charge is 0.497 e. The minimum Gasteiger partial charge on any atom is -0.497 e. The fourth-order valence-corrected chi connectivity index (χ4v) is 3.50. The molecule has 3 N–H and O–H groups in total. The average molecular weight is 454 g/mol. The lowest BCUT2D eigenvalue weighted by atomic mass is 10.1. The van der Waals surface area contributed by atoms with Crippen LogP contribution in [0.25, 0.3) is 11.0 Å². The SMILES string of the molecule is COc1ccc2nc(CCNC(=O)c3cn(CC(C)C)cc(C(=O)NC(C)C)c3=O)[nH]c2c1. The second kappa shape index (κ2) is 10.3. The number of imidazole rings is 1. The lowest BCUT2D eigenvalue weighted by Crippen LogP contribution is -2.38. The fraction of sp³-hybridized carbons (Fsp3) is 0.417. The standard InChI is InChI=1S/C24H31N5O4/c1-14(2)11-29-12-17(22(30)18(13-29)24(32)26-15(3)4)23(31)25-9-8-21-27-19-7-6-16(33-5)10-20(19)28-21/h6-7,10,12-15H,8-9,11H2,1-5H3,(H,25,31)(H,26,32)(H,27,28). The van der Waals surface area contributed by atoms with Crippen molar-refractivity contribution in [2.24, 2.45) is 5.92 Å². The molecule has 176 valence electrons. The number of ether oxygens (including phenoxy) is 1. The number of fused-ring (bicyclic) bond motifs is 1. The highest BCUT2D eigenvalue weighted by Crippen LogP contribution is 2.18. The normalized spacial score (nSPS) is 11.2. The van der Waals surface area contributed by atoms with E-state index in [-0.39, 0.29) is 29.6 Å². The Morgan fingerprint density at radius 1 is 1.12 bits per heavy atom. The van der Waals surface area contributed by atoms with Crippen LogP contribution in [0.1, 0.15) is 54.2 Å². The molecular weight excluding hydrogens is 422 g/mol. The second-order valence-electron chi connectivity index (χ2n) is 8.71. The quantitative estimate of drug-likeness (QED) is 0.460. The number of benzene rings is 1. The van der Waals surface area contributed by atoms with E-state index in [4.69, 9.17) is 4.74 Å². The summed E-state index contributed by atoms with van der Waals surface area (Å²) < 4.78 is 6.95. The Hall–Kier alpha value is -3.62. The monoisotopic (exact) mass is 453 g/mol. The first-order valence-corrected chi connectivity index (χ1v) is 11.0. The van der Waals surface area contributed by atoms with Gasteiger partial charge in [-0.15, -0.1) is 0 Å². The molecule has 0 saturated heterocycles. The maximum Gasteiger partial charge on any atom is 0.256 e. The molecule has 0 fully saturated rings. The van der Waals surface area contributed by atoms with Crippen LogP contribution in [-0.4, -0.2) is 46.0 Å². The lowest BCUT2D eigenvalue weighted by molar-refractivity contribution is 0.0941. The highest BCUT2D eigenvalue weighted by atomic mass is 16.5. The lowest BCUT2D eigenvalue weighted by Gasteiger charge is -2.15. The molecule has 0 bridgehead atoms. The molecule has 2 heterocycles. The molecule has 0 unspecified atom stereocenters. The molecule has 2 aromatic heterocycles. The number of hydrogen-bond donors (Lipinski definition) is 3. The van der Waals surface area contributed by atoms with Crippen molar-refractivity contribution in [1.29, 1.82) is 0 Å². The number of pyridine rings is 1. The molecule has 9 heteroatoms. The van der Waals surface area contributed by atoms with E-state index in [9.17, 15) is 14.4 Å². The number of rotatable bonds is 9. The predicted octanol–water partition coefficient (Wildman–Crippen LogP) is 2.50. The van der Waals surface area contributed by atoms with Crippen molar-refractivity contribution in [1.82, 2.24) is 25.2 Å². The van der Waals surface area contributed by atoms with E-state index in [0.29, 0.717) is 18.8 Å². The minimum absolute atomic E-state index is 0.0387. The maximum atomic E-state index is 12.9. The predicted molar refractivity (Wildman–Crippen MR) is 127 cm³/mol. The zero-order valence-electron chi connectivity index (χ0n) is 19.7. The molecule has 2 amide bonds. The Balaban J connectivity index is 1.76. The van der Waals surface area contributed by atoms with Crippen molar-refractivity contribution < 1.29 is 14.3 Å². The van der Waals surface area contributed by atoms with Gasteiger partial charge < -0.3 is 24.9 Å². The van der Waals surface area contributed by atoms with Crippen molar-refractivity contribution in [2.45, 2.75) is 46.7 Å². The third-order valence-corrected chi connectivity index (χ3v) is 4.95. The molecule has 0 atom stereocenters. The Labute approximate surface area is 192 Å². The van der Waals surface area contributed by atoms with E-state index in [0.717, 1.165) is 16.8 Å². The zero-order chi connectivity index (χ0) is 24.1. The average Bonchev–Trinajstić information content (AvgIpc) is 3.15. The number of amides is 2. The van der Waals surface area contributed by atoms with Gasteiger partial charge in [0, 0.05) is 44.0 Å². The summed E-state index contributed by atoms with van der Waals surface area (Å²) >= 11 is 0. The Bertz CT molecular complexity index is 1210. The van der Waals surface area contributed by atoms with Crippen LogP contribution in [0, 0.1) is 5.92 Å². The summed E-state index contributed by atoms with van der Waals surface area (Å²) in [5.41, 5.74) is 0.972.